The summed E-state index contributed by atoms with van der Waals surface area (Å²) in [7, 11) is 1.71. The minimum absolute atomic E-state index is 0.454. The van der Waals surface area contributed by atoms with E-state index in [1.54, 1.807) is 7.11 Å². The molecule has 0 amide bonds. The predicted octanol–water partition coefficient (Wildman–Crippen LogP) is 3.12. The van der Waals surface area contributed by atoms with Gasteiger partial charge in [-0.25, -0.2) is 0 Å². The van der Waals surface area contributed by atoms with Gasteiger partial charge in [-0.1, -0.05) is 13.0 Å². The molecule has 0 radical (unpaired) electrons. The number of benzene rings is 1. The summed E-state index contributed by atoms with van der Waals surface area (Å²) in [6.07, 6.45) is 13.0. The van der Waals surface area contributed by atoms with Crippen molar-refractivity contribution in [1.29, 1.82) is 0 Å². The number of hydrogen-bond acceptors (Lipinski definition) is 4. The molecule has 25 heavy (non-hydrogen) atoms. The molecule has 0 fully saturated rings. The van der Waals surface area contributed by atoms with Gasteiger partial charge < -0.3 is 15.4 Å². The van der Waals surface area contributed by atoms with Gasteiger partial charge in [0.2, 0.25) is 0 Å². The molecule has 1 aliphatic carbocycles. The molecule has 0 saturated heterocycles. The number of methoxy groups -OCH3 is 1. The van der Waals surface area contributed by atoms with Gasteiger partial charge >= 0.3 is 0 Å². The van der Waals surface area contributed by atoms with Gasteiger partial charge in [-0.2, -0.15) is 0 Å². The van der Waals surface area contributed by atoms with Crippen LogP contribution >= 0.6 is 0 Å². The maximum absolute atomic E-state index is 5.13. The molecule has 4 heteroatoms. The monoisotopic (exact) mass is 338 g/mol. The fourth-order valence-corrected chi connectivity index (χ4v) is 3.28. The molecule has 1 aromatic rings. The van der Waals surface area contributed by atoms with Crippen LogP contribution in [0.2, 0.25) is 0 Å². The van der Waals surface area contributed by atoms with Crippen LogP contribution in [0.4, 0.5) is 5.69 Å². The molecule has 0 bridgehead atoms. The second kappa shape index (κ2) is 8.26. The highest BCUT2D eigenvalue weighted by Gasteiger charge is 2.15. The molecule has 132 valence electrons. The van der Waals surface area contributed by atoms with Crippen LogP contribution in [0, 0.1) is 6.42 Å². The second-order valence-electron chi connectivity index (χ2n) is 6.59. The van der Waals surface area contributed by atoms with Gasteiger partial charge in [0.15, 0.2) is 0 Å². The molecular formula is C21H28N3O+. The molecular weight excluding hydrogens is 310 g/mol. The van der Waals surface area contributed by atoms with Gasteiger partial charge in [0.25, 0.3) is 0 Å². The van der Waals surface area contributed by atoms with Crippen LogP contribution < -0.4 is 21.2 Å². The largest absolute Gasteiger partial charge is 0.376 e. The van der Waals surface area contributed by atoms with E-state index in [1.807, 2.05) is 6.20 Å². The first kappa shape index (κ1) is 17.6. The summed E-state index contributed by atoms with van der Waals surface area (Å²) in [4.78, 5) is 4.46. The van der Waals surface area contributed by atoms with E-state index in [0.29, 0.717) is 12.8 Å². The van der Waals surface area contributed by atoms with Crippen molar-refractivity contribution in [3.63, 3.8) is 0 Å². The van der Waals surface area contributed by atoms with E-state index in [0.717, 1.165) is 36.7 Å². The van der Waals surface area contributed by atoms with E-state index in [2.05, 4.69) is 60.2 Å². The predicted molar refractivity (Wildman–Crippen MR) is 104 cm³/mol. The number of allylic oxidation sites excluding steroid dienone is 4. The van der Waals surface area contributed by atoms with Gasteiger partial charge in [0.1, 0.15) is 13.2 Å². The second-order valence-corrected chi connectivity index (χ2v) is 6.59. The van der Waals surface area contributed by atoms with Gasteiger partial charge in [0.05, 0.1) is 30.4 Å². The molecule has 2 N–H and O–H groups in total. The van der Waals surface area contributed by atoms with Crippen molar-refractivity contribution in [3.05, 3.63) is 52.5 Å². The first-order valence-corrected chi connectivity index (χ1v) is 9.15. The van der Waals surface area contributed by atoms with E-state index in [1.165, 1.54) is 22.1 Å². The minimum atomic E-state index is 0.454. The Labute approximate surface area is 150 Å². The number of hydrogen-bond donors (Lipinski definition) is 2. The van der Waals surface area contributed by atoms with Gasteiger partial charge in [-0.05, 0) is 48.6 Å². The van der Waals surface area contributed by atoms with Crippen LogP contribution in [0.5, 0.6) is 0 Å². The Kier molecular flexibility index (Phi) is 5.82. The SMILES string of the molecule is C[CH+]CC(CC)Nc1cc(C2=CCCC(NCOC)=C2)cc2c1=NC=2. The summed E-state index contributed by atoms with van der Waals surface area (Å²) in [5.74, 6) is 0. The zero-order valence-electron chi connectivity index (χ0n) is 15.4. The third kappa shape index (κ3) is 4.07. The van der Waals surface area contributed by atoms with Crippen molar-refractivity contribution in [1.82, 2.24) is 5.32 Å². The third-order valence-corrected chi connectivity index (χ3v) is 4.73. The quantitative estimate of drug-likeness (QED) is 0.537. The standard InChI is InChI=1S/C21H28N3O/c1-4-7-18(5-2)24-20-12-16(10-17-13-22-21(17)20)15-8-6-9-19(11-15)23-14-25-3/h4,8,10-13,18,23-24H,5-7,9,14H2,1-3H3/q+1. The molecule has 1 heterocycles. The summed E-state index contributed by atoms with van der Waals surface area (Å²) in [5, 5.41) is 9.34. The Morgan fingerprint density at radius 3 is 2.92 bits per heavy atom. The van der Waals surface area contributed by atoms with Crippen LogP contribution in [0.1, 0.15) is 45.1 Å². The molecule has 1 aliphatic heterocycles. The van der Waals surface area contributed by atoms with E-state index in [4.69, 9.17) is 4.74 Å². The van der Waals surface area contributed by atoms with Crippen LogP contribution in [0.15, 0.2) is 35.0 Å². The Balaban J connectivity index is 1.86. The number of nitrogens with one attached hydrogen (secondary N) is 2. The fraction of sp³-hybridized carbons (Fsp3) is 0.429. The number of fused-ring (bicyclic) bond motifs is 1. The van der Waals surface area contributed by atoms with E-state index in [-0.39, 0.29) is 0 Å². The molecule has 1 aromatic carbocycles. The summed E-state index contributed by atoms with van der Waals surface area (Å²) in [5.41, 5.74) is 4.90. The highest BCUT2D eigenvalue weighted by Crippen LogP contribution is 2.25. The normalized spacial score (nSPS) is 16.3. The molecule has 0 saturated carbocycles. The van der Waals surface area contributed by atoms with Gasteiger partial charge in [0, 0.05) is 24.2 Å². The maximum atomic E-state index is 5.13. The van der Waals surface area contributed by atoms with Crippen LogP contribution in [0.3, 0.4) is 0 Å². The minimum Gasteiger partial charge on any atom is -0.376 e. The van der Waals surface area contributed by atoms with Crippen LogP contribution in [-0.4, -0.2) is 19.9 Å². The van der Waals surface area contributed by atoms with Gasteiger partial charge in [-0.15, -0.1) is 0 Å². The smallest absolute Gasteiger partial charge is 0.115 e. The molecule has 0 aromatic heterocycles. The lowest BCUT2D eigenvalue weighted by Crippen LogP contribution is -2.36. The number of anilines is 1. The van der Waals surface area contributed by atoms with E-state index in [9.17, 15) is 0 Å². The average molecular weight is 338 g/mol. The van der Waals surface area contributed by atoms with E-state index < -0.39 is 0 Å². The molecule has 1 atom stereocenters. The fourth-order valence-electron chi connectivity index (χ4n) is 3.28. The van der Waals surface area contributed by atoms with Crippen molar-refractivity contribution in [2.24, 2.45) is 4.99 Å². The van der Waals surface area contributed by atoms with Crippen LogP contribution in [0.25, 0.3) is 11.8 Å². The number of rotatable bonds is 9. The zero-order valence-corrected chi connectivity index (χ0v) is 15.4. The highest BCUT2D eigenvalue weighted by molar-refractivity contribution is 5.78. The van der Waals surface area contributed by atoms with Crippen molar-refractivity contribution in [2.45, 2.75) is 45.6 Å². The molecule has 2 aliphatic rings. The summed E-state index contributed by atoms with van der Waals surface area (Å²) < 4.78 is 5.13. The first-order valence-electron chi connectivity index (χ1n) is 9.15. The van der Waals surface area contributed by atoms with Crippen molar-refractivity contribution < 1.29 is 4.74 Å². The first-order chi connectivity index (χ1) is 12.2. The summed E-state index contributed by atoms with van der Waals surface area (Å²) in [6.45, 7) is 4.89. The maximum Gasteiger partial charge on any atom is 0.115 e. The zero-order chi connectivity index (χ0) is 17.6. The van der Waals surface area contributed by atoms with Crippen molar-refractivity contribution >= 4 is 17.5 Å². The molecule has 4 nitrogen and oxygen atoms in total. The molecule has 1 unspecified atom stereocenters. The van der Waals surface area contributed by atoms with Crippen molar-refractivity contribution in [2.75, 3.05) is 19.2 Å². The Hall–Kier alpha value is -2.20. The average Bonchev–Trinajstić information content (AvgIpc) is 2.61. The van der Waals surface area contributed by atoms with Crippen molar-refractivity contribution in [3.8, 4) is 0 Å². The highest BCUT2D eigenvalue weighted by atomic mass is 16.5. The number of ether oxygens (including phenoxy) is 1. The third-order valence-electron chi connectivity index (χ3n) is 4.73. The molecule has 0 spiro atoms. The number of nitrogens with zero attached hydrogens (tertiary/aromatic N) is 1. The molecule has 3 rings (SSSR count). The summed E-state index contributed by atoms with van der Waals surface area (Å²) in [6, 6.07) is 4.94. The van der Waals surface area contributed by atoms with E-state index >= 15 is 0 Å². The topological polar surface area (TPSA) is 45.6 Å². The lowest BCUT2D eigenvalue weighted by atomic mass is 9.96. The Bertz CT molecular complexity index is 792. The Morgan fingerprint density at radius 2 is 2.24 bits per heavy atom. The van der Waals surface area contributed by atoms with Crippen LogP contribution in [-0.2, 0) is 4.74 Å². The van der Waals surface area contributed by atoms with Gasteiger partial charge in [-0.3, -0.25) is 4.99 Å². The summed E-state index contributed by atoms with van der Waals surface area (Å²) >= 11 is 0. The lowest BCUT2D eigenvalue weighted by Gasteiger charge is -2.19. The Morgan fingerprint density at radius 1 is 1.36 bits per heavy atom. The lowest BCUT2D eigenvalue weighted by molar-refractivity contribution is 0.183.